The molecule has 0 saturated carbocycles. The lowest BCUT2D eigenvalue weighted by Crippen LogP contribution is -2.14. The summed E-state index contributed by atoms with van der Waals surface area (Å²) in [6, 6.07) is 11.1. The number of ether oxygens (including phenoxy) is 2. The molecule has 5 heteroatoms. The number of rotatable bonds is 6. The van der Waals surface area contributed by atoms with E-state index in [2.05, 4.69) is 15.9 Å². The molecule has 0 radical (unpaired) electrons. The number of hydrogen-bond acceptors (Lipinski definition) is 3. The van der Waals surface area contributed by atoms with Gasteiger partial charge in [0.05, 0.1) is 11.6 Å². The molecule has 0 N–H and O–H groups in total. The summed E-state index contributed by atoms with van der Waals surface area (Å²) in [5.41, 5.74) is 0.763. The zero-order chi connectivity index (χ0) is 15.2. The zero-order valence-corrected chi connectivity index (χ0v) is 13.0. The van der Waals surface area contributed by atoms with Gasteiger partial charge in [-0.3, -0.25) is 4.79 Å². The van der Waals surface area contributed by atoms with E-state index in [1.54, 1.807) is 37.4 Å². The highest BCUT2D eigenvalue weighted by Crippen LogP contribution is 2.29. The van der Waals surface area contributed by atoms with E-state index < -0.39 is 0 Å². The highest BCUT2D eigenvalue weighted by atomic mass is 79.9. The Hall–Kier alpha value is -1.88. The normalized spacial score (nSPS) is 10.2. The maximum atomic E-state index is 12.8. The number of methoxy groups -OCH3 is 1. The molecule has 0 aromatic heterocycles. The van der Waals surface area contributed by atoms with Crippen LogP contribution in [0.2, 0.25) is 0 Å². The SMILES string of the molecule is COc1ccc(OCC(=O)Cc2ccc(F)cc2)c(Br)c1. The molecule has 0 bridgehead atoms. The number of ketones is 1. The fraction of sp³-hybridized carbons (Fsp3) is 0.188. The molecule has 0 saturated heterocycles. The van der Waals surface area contributed by atoms with Crippen LogP contribution in [-0.2, 0) is 11.2 Å². The number of carbonyl (C=O) groups is 1. The lowest BCUT2D eigenvalue weighted by atomic mass is 10.1. The summed E-state index contributed by atoms with van der Waals surface area (Å²) in [5.74, 6) is 0.879. The van der Waals surface area contributed by atoms with Gasteiger partial charge in [-0.15, -0.1) is 0 Å². The Morgan fingerprint density at radius 2 is 1.90 bits per heavy atom. The van der Waals surface area contributed by atoms with Crippen molar-refractivity contribution in [2.24, 2.45) is 0 Å². The van der Waals surface area contributed by atoms with E-state index in [1.165, 1.54) is 12.1 Å². The zero-order valence-electron chi connectivity index (χ0n) is 11.4. The van der Waals surface area contributed by atoms with Gasteiger partial charge in [0.15, 0.2) is 5.78 Å². The van der Waals surface area contributed by atoms with Gasteiger partial charge >= 0.3 is 0 Å². The minimum atomic E-state index is -0.315. The van der Waals surface area contributed by atoms with Crippen LogP contribution >= 0.6 is 15.9 Å². The third-order valence-electron chi connectivity index (χ3n) is 2.84. The lowest BCUT2D eigenvalue weighted by Gasteiger charge is -2.09. The van der Waals surface area contributed by atoms with Gasteiger partial charge in [-0.2, -0.15) is 0 Å². The van der Waals surface area contributed by atoms with Gasteiger partial charge in [-0.1, -0.05) is 12.1 Å². The van der Waals surface area contributed by atoms with Gasteiger partial charge < -0.3 is 9.47 Å². The summed E-state index contributed by atoms with van der Waals surface area (Å²) >= 11 is 3.35. The van der Waals surface area contributed by atoms with Gasteiger partial charge in [-0.05, 0) is 51.8 Å². The van der Waals surface area contributed by atoms with Crippen molar-refractivity contribution in [1.29, 1.82) is 0 Å². The van der Waals surface area contributed by atoms with E-state index in [1.807, 2.05) is 0 Å². The second-order valence-corrected chi connectivity index (χ2v) is 5.28. The fourth-order valence-corrected chi connectivity index (χ4v) is 2.24. The second kappa shape index (κ2) is 7.22. The van der Waals surface area contributed by atoms with Crippen molar-refractivity contribution in [3.8, 4) is 11.5 Å². The average molecular weight is 353 g/mol. The summed E-state index contributed by atoms with van der Waals surface area (Å²) in [4.78, 5) is 11.8. The molecule has 0 heterocycles. The summed E-state index contributed by atoms with van der Waals surface area (Å²) in [6.45, 7) is -0.0394. The van der Waals surface area contributed by atoms with Crippen LogP contribution < -0.4 is 9.47 Å². The minimum Gasteiger partial charge on any atom is -0.497 e. The van der Waals surface area contributed by atoms with Crippen molar-refractivity contribution in [2.45, 2.75) is 6.42 Å². The Labute approximate surface area is 130 Å². The standard InChI is InChI=1S/C16H14BrFO3/c1-20-14-6-7-16(15(17)9-14)21-10-13(19)8-11-2-4-12(18)5-3-11/h2-7,9H,8,10H2,1H3. The third-order valence-corrected chi connectivity index (χ3v) is 3.46. The fourth-order valence-electron chi connectivity index (χ4n) is 1.76. The molecule has 2 aromatic rings. The molecule has 0 spiro atoms. The first kappa shape index (κ1) is 15.5. The first-order valence-electron chi connectivity index (χ1n) is 6.31. The van der Waals surface area contributed by atoms with Crippen molar-refractivity contribution < 1.29 is 18.7 Å². The summed E-state index contributed by atoms with van der Waals surface area (Å²) in [6.07, 6.45) is 0.216. The topological polar surface area (TPSA) is 35.5 Å². The summed E-state index contributed by atoms with van der Waals surface area (Å²) < 4.78 is 24.0. The highest BCUT2D eigenvalue weighted by molar-refractivity contribution is 9.10. The molecule has 2 rings (SSSR count). The van der Waals surface area contributed by atoms with Crippen molar-refractivity contribution in [1.82, 2.24) is 0 Å². The van der Waals surface area contributed by atoms with Crippen molar-refractivity contribution >= 4 is 21.7 Å². The largest absolute Gasteiger partial charge is 0.497 e. The number of hydrogen-bond donors (Lipinski definition) is 0. The Bertz CT molecular complexity index is 626. The molecule has 3 nitrogen and oxygen atoms in total. The van der Waals surface area contributed by atoms with E-state index in [0.717, 1.165) is 10.0 Å². The first-order chi connectivity index (χ1) is 10.1. The molecule has 0 atom stereocenters. The van der Waals surface area contributed by atoms with Crippen LogP contribution in [0, 0.1) is 5.82 Å². The van der Waals surface area contributed by atoms with Crippen LogP contribution in [-0.4, -0.2) is 19.5 Å². The first-order valence-corrected chi connectivity index (χ1v) is 7.10. The molecule has 0 aliphatic rings. The van der Waals surface area contributed by atoms with Gasteiger partial charge in [0, 0.05) is 6.42 Å². The predicted octanol–water partition coefficient (Wildman–Crippen LogP) is 3.79. The number of carbonyl (C=O) groups excluding carboxylic acids is 1. The molecule has 0 aliphatic heterocycles. The minimum absolute atomic E-state index is 0.0394. The van der Waals surface area contributed by atoms with Gasteiger partial charge in [0.1, 0.15) is 23.9 Å². The van der Waals surface area contributed by atoms with Crippen LogP contribution in [0.25, 0.3) is 0 Å². The van der Waals surface area contributed by atoms with E-state index in [4.69, 9.17) is 9.47 Å². The summed E-state index contributed by atoms with van der Waals surface area (Å²) in [7, 11) is 1.58. The summed E-state index contributed by atoms with van der Waals surface area (Å²) in [5, 5.41) is 0. The maximum Gasteiger partial charge on any atom is 0.174 e. The van der Waals surface area contributed by atoms with Crippen molar-refractivity contribution in [2.75, 3.05) is 13.7 Å². The van der Waals surface area contributed by atoms with Crippen LogP contribution in [0.1, 0.15) is 5.56 Å². The third kappa shape index (κ3) is 4.56. The number of benzene rings is 2. The molecule has 0 fully saturated rings. The average Bonchev–Trinajstić information content (AvgIpc) is 2.48. The molecule has 0 unspecified atom stereocenters. The Kier molecular flexibility index (Phi) is 5.33. The number of Topliss-reactive ketones (excluding diaryl/α,β-unsaturated/α-hetero) is 1. The Morgan fingerprint density at radius 1 is 1.19 bits per heavy atom. The van der Waals surface area contributed by atoms with Crippen LogP contribution in [0.4, 0.5) is 4.39 Å². The van der Waals surface area contributed by atoms with Crippen molar-refractivity contribution in [3.63, 3.8) is 0 Å². The molecule has 21 heavy (non-hydrogen) atoms. The monoisotopic (exact) mass is 352 g/mol. The molecule has 110 valence electrons. The Morgan fingerprint density at radius 3 is 2.52 bits per heavy atom. The maximum absolute atomic E-state index is 12.8. The molecule has 0 aliphatic carbocycles. The Balaban J connectivity index is 1.90. The predicted molar refractivity (Wildman–Crippen MR) is 81.3 cm³/mol. The van der Waals surface area contributed by atoms with E-state index in [-0.39, 0.29) is 24.6 Å². The van der Waals surface area contributed by atoms with Crippen LogP contribution in [0.3, 0.4) is 0 Å². The second-order valence-electron chi connectivity index (χ2n) is 4.43. The van der Waals surface area contributed by atoms with Gasteiger partial charge in [0.25, 0.3) is 0 Å². The quantitative estimate of drug-likeness (QED) is 0.793. The molecular formula is C16H14BrFO3. The van der Waals surface area contributed by atoms with Crippen LogP contribution in [0.5, 0.6) is 11.5 Å². The smallest absolute Gasteiger partial charge is 0.174 e. The van der Waals surface area contributed by atoms with E-state index in [0.29, 0.717) is 11.5 Å². The molecular weight excluding hydrogens is 339 g/mol. The van der Waals surface area contributed by atoms with Crippen LogP contribution in [0.15, 0.2) is 46.9 Å². The van der Waals surface area contributed by atoms with Crippen molar-refractivity contribution in [3.05, 3.63) is 58.3 Å². The van der Waals surface area contributed by atoms with E-state index >= 15 is 0 Å². The van der Waals surface area contributed by atoms with Gasteiger partial charge in [0.2, 0.25) is 0 Å². The molecule has 2 aromatic carbocycles. The highest BCUT2D eigenvalue weighted by Gasteiger charge is 2.08. The lowest BCUT2D eigenvalue weighted by molar-refractivity contribution is -0.120. The molecule has 0 amide bonds. The number of halogens is 2. The van der Waals surface area contributed by atoms with E-state index in [9.17, 15) is 9.18 Å². The van der Waals surface area contributed by atoms with Gasteiger partial charge in [-0.25, -0.2) is 4.39 Å².